The first-order valence-electron chi connectivity index (χ1n) is 4.29. The van der Waals surface area contributed by atoms with Crippen molar-refractivity contribution < 1.29 is 9.13 Å². The molecule has 0 unspecified atom stereocenters. The number of benzene rings is 1. The third-order valence-corrected chi connectivity index (χ3v) is 1.84. The van der Waals surface area contributed by atoms with Crippen LogP contribution in [-0.2, 0) is 6.61 Å². The van der Waals surface area contributed by atoms with Crippen molar-refractivity contribution in [1.29, 1.82) is 0 Å². The number of aromatic nitrogens is 3. The predicted octanol–water partition coefficient (Wildman–Crippen LogP) is 1.10. The van der Waals surface area contributed by atoms with E-state index in [4.69, 9.17) is 10.5 Å². The number of hydrogen-bond donors (Lipinski definition) is 2. The largest absolute Gasteiger partial charge is 0.487 e. The van der Waals surface area contributed by atoms with Crippen molar-refractivity contribution in [2.24, 2.45) is 0 Å². The summed E-state index contributed by atoms with van der Waals surface area (Å²) in [7, 11) is 0. The quantitative estimate of drug-likeness (QED) is 0.791. The predicted molar refractivity (Wildman–Crippen MR) is 51.5 cm³/mol. The summed E-state index contributed by atoms with van der Waals surface area (Å²) in [6, 6.07) is 5.71. The summed E-state index contributed by atoms with van der Waals surface area (Å²) in [5.41, 5.74) is 6.01. The topological polar surface area (TPSA) is 76.8 Å². The molecule has 6 heteroatoms. The fourth-order valence-electron chi connectivity index (χ4n) is 1.05. The lowest BCUT2D eigenvalue weighted by molar-refractivity contribution is 0.301. The van der Waals surface area contributed by atoms with Gasteiger partial charge in [0.25, 0.3) is 0 Å². The Morgan fingerprint density at radius 2 is 2.00 bits per heavy atom. The maximum Gasteiger partial charge on any atom is 0.172 e. The first kappa shape index (κ1) is 9.45. The first-order valence-corrected chi connectivity index (χ1v) is 4.29. The van der Waals surface area contributed by atoms with E-state index in [0.29, 0.717) is 17.3 Å². The maximum absolute atomic E-state index is 12.6. The highest BCUT2D eigenvalue weighted by Gasteiger charge is 2.04. The minimum Gasteiger partial charge on any atom is -0.487 e. The number of nitrogens with one attached hydrogen (secondary N) is 1. The van der Waals surface area contributed by atoms with Crippen molar-refractivity contribution in [2.45, 2.75) is 6.61 Å². The summed E-state index contributed by atoms with van der Waals surface area (Å²) in [4.78, 5) is 0. The normalized spacial score (nSPS) is 10.2. The zero-order valence-corrected chi connectivity index (χ0v) is 7.77. The Balaban J connectivity index is 1.99. The van der Waals surface area contributed by atoms with Gasteiger partial charge in [-0.3, -0.25) is 0 Å². The smallest absolute Gasteiger partial charge is 0.172 e. The number of hydrogen-bond acceptors (Lipinski definition) is 4. The fraction of sp³-hybridized carbons (Fsp3) is 0.111. The van der Waals surface area contributed by atoms with Crippen LogP contribution in [0, 0.1) is 5.82 Å². The molecule has 0 aliphatic carbocycles. The Labute approximate surface area is 85.1 Å². The second-order valence-corrected chi connectivity index (χ2v) is 2.90. The van der Waals surface area contributed by atoms with Gasteiger partial charge in [0.15, 0.2) is 5.82 Å². The van der Waals surface area contributed by atoms with Gasteiger partial charge >= 0.3 is 0 Å². The summed E-state index contributed by atoms with van der Waals surface area (Å²) in [6.07, 6.45) is 0. The highest BCUT2D eigenvalue weighted by Crippen LogP contribution is 2.13. The SMILES string of the molecule is Nc1n[nH]nc1COc1ccc(F)cc1. The van der Waals surface area contributed by atoms with Gasteiger partial charge in [0, 0.05) is 0 Å². The molecule has 2 rings (SSSR count). The highest BCUT2D eigenvalue weighted by atomic mass is 19.1. The second kappa shape index (κ2) is 3.95. The molecule has 5 nitrogen and oxygen atoms in total. The van der Waals surface area contributed by atoms with Crippen molar-refractivity contribution in [2.75, 3.05) is 5.73 Å². The zero-order chi connectivity index (χ0) is 10.7. The van der Waals surface area contributed by atoms with Crippen molar-refractivity contribution in [3.8, 4) is 5.75 Å². The zero-order valence-electron chi connectivity index (χ0n) is 7.77. The van der Waals surface area contributed by atoms with Gasteiger partial charge in [-0.2, -0.15) is 10.3 Å². The lowest BCUT2D eigenvalue weighted by Crippen LogP contribution is -1.99. The van der Waals surface area contributed by atoms with Gasteiger partial charge in [-0.25, -0.2) is 4.39 Å². The molecule has 0 radical (unpaired) electrons. The number of nitrogens with two attached hydrogens (primary N) is 1. The molecule has 15 heavy (non-hydrogen) atoms. The van der Waals surface area contributed by atoms with E-state index >= 15 is 0 Å². The molecule has 0 spiro atoms. The van der Waals surface area contributed by atoms with E-state index < -0.39 is 0 Å². The van der Waals surface area contributed by atoms with Gasteiger partial charge in [-0.15, -0.1) is 5.10 Å². The molecule has 0 saturated carbocycles. The Morgan fingerprint density at radius 3 is 2.60 bits per heavy atom. The van der Waals surface area contributed by atoms with E-state index in [-0.39, 0.29) is 12.4 Å². The van der Waals surface area contributed by atoms with Gasteiger partial charge < -0.3 is 10.5 Å². The Hall–Kier alpha value is -2.11. The minimum atomic E-state index is -0.302. The van der Waals surface area contributed by atoms with E-state index in [1.165, 1.54) is 24.3 Å². The van der Waals surface area contributed by atoms with Crippen molar-refractivity contribution in [1.82, 2.24) is 15.4 Å². The van der Waals surface area contributed by atoms with Crippen molar-refractivity contribution >= 4 is 5.82 Å². The lowest BCUT2D eigenvalue weighted by Gasteiger charge is -2.03. The molecule has 3 N–H and O–H groups in total. The number of halogens is 1. The summed E-state index contributed by atoms with van der Waals surface area (Å²) in [5.74, 6) is 0.555. The monoisotopic (exact) mass is 208 g/mol. The van der Waals surface area contributed by atoms with Crippen LogP contribution >= 0.6 is 0 Å². The van der Waals surface area contributed by atoms with Gasteiger partial charge in [-0.05, 0) is 24.3 Å². The molecule has 1 aromatic heterocycles. The van der Waals surface area contributed by atoms with Gasteiger partial charge in [0.05, 0.1) is 0 Å². The van der Waals surface area contributed by atoms with Crippen LogP contribution in [0.1, 0.15) is 5.69 Å². The van der Waals surface area contributed by atoms with E-state index in [2.05, 4.69) is 15.4 Å². The third-order valence-electron chi connectivity index (χ3n) is 1.84. The molecule has 1 aromatic carbocycles. The van der Waals surface area contributed by atoms with Crippen molar-refractivity contribution in [3.05, 3.63) is 35.8 Å². The van der Waals surface area contributed by atoms with Gasteiger partial charge in [0.2, 0.25) is 0 Å². The summed E-state index contributed by atoms with van der Waals surface area (Å²) in [6.45, 7) is 0.202. The summed E-state index contributed by atoms with van der Waals surface area (Å²) < 4.78 is 17.9. The van der Waals surface area contributed by atoms with E-state index in [9.17, 15) is 4.39 Å². The van der Waals surface area contributed by atoms with Crippen LogP contribution in [0.15, 0.2) is 24.3 Å². The Morgan fingerprint density at radius 1 is 1.27 bits per heavy atom. The number of rotatable bonds is 3. The van der Waals surface area contributed by atoms with Crippen LogP contribution in [0.5, 0.6) is 5.75 Å². The number of H-pyrrole nitrogens is 1. The van der Waals surface area contributed by atoms with Gasteiger partial charge in [0.1, 0.15) is 23.9 Å². The number of nitrogens with zero attached hydrogens (tertiary/aromatic N) is 2. The van der Waals surface area contributed by atoms with Crippen LogP contribution in [-0.4, -0.2) is 15.4 Å². The first-order chi connectivity index (χ1) is 7.25. The third kappa shape index (κ3) is 2.22. The Bertz CT molecular complexity index is 440. The molecule has 0 saturated heterocycles. The molecule has 0 aliphatic rings. The Kier molecular flexibility index (Phi) is 2.49. The van der Waals surface area contributed by atoms with Crippen molar-refractivity contribution in [3.63, 3.8) is 0 Å². The number of anilines is 1. The minimum absolute atomic E-state index is 0.202. The molecule has 0 bridgehead atoms. The average molecular weight is 208 g/mol. The molecule has 78 valence electrons. The molecule has 0 aliphatic heterocycles. The van der Waals surface area contributed by atoms with Crippen LogP contribution in [0.2, 0.25) is 0 Å². The standard InChI is InChI=1S/C9H9FN4O/c10-6-1-3-7(4-2-6)15-5-8-9(11)13-14-12-8/h1-4H,5H2,(H3,11,12,13,14). The van der Waals surface area contributed by atoms with Crippen LogP contribution in [0.25, 0.3) is 0 Å². The van der Waals surface area contributed by atoms with Crippen LogP contribution < -0.4 is 10.5 Å². The van der Waals surface area contributed by atoms with Gasteiger partial charge in [-0.1, -0.05) is 0 Å². The molecular weight excluding hydrogens is 199 g/mol. The molecular formula is C9H9FN4O. The summed E-state index contributed by atoms with van der Waals surface area (Å²) in [5, 5.41) is 9.81. The second-order valence-electron chi connectivity index (χ2n) is 2.90. The number of ether oxygens (including phenoxy) is 1. The van der Waals surface area contributed by atoms with E-state index in [1.54, 1.807) is 0 Å². The summed E-state index contributed by atoms with van der Waals surface area (Å²) >= 11 is 0. The van der Waals surface area contributed by atoms with Crippen LogP contribution in [0.4, 0.5) is 10.2 Å². The number of nitrogen functional groups attached to an aromatic ring is 1. The fourth-order valence-corrected chi connectivity index (χ4v) is 1.05. The van der Waals surface area contributed by atoms with Crippen LogP contribution in [0.3, 0.4) is 0 Å². The molecule has 0 atom stereocenters. The lowest BCUT2D eigenvalue weighted by atomic mass is 10.3. The highest BCUT2D eigenvalue weighted by molar-refractivity contribution is 5.31. The number of aromatic amines is 1. The molecule has 1 heterocycles. The molecule has 0 fully saturated rings. The maximum atomic E-state index is 12.6. The molecule has 2 aromatic rings. The molecule has 0 amide bonds. The average Bonchev–Trinajstić information content (AvgIpc) is 2.63. The van der Waals surface area contributed by atoms with E-state index in [1.807, 2.05) is 0 Å². The van der Waals surface area contributed by atoms with E-state index in [0.717, 1.165) is 0 Å².